The van der Waals surface area contributed by atoms with Crippen molar-refractivity contribution < 1.29 is 9.90 Å². The number of aryl methyl sites for hydroxylation is 2. The highest BCUT2D eigenvalue weighted by atomic mass is 32.2. The lowest BCUT2D eigenvalue weighted by Crippen LogP contribution is -2.42. The average Bonchev–Trinajstić information content (AvgIpc) is 2.73. The molecule has 2 N–H and O–H groups in total. The fourth-order valence-corrected chi connectivity index (χ4v) is 3.44. The number of thioether (sulfide) groups is 1. The number of nitrogens with one attached hydrogen (secondary N) is 1. The van der Waals surface area contributed by atoms with Crippen LogP contribution in [0.4, 0.5) is 0 Å². The summed E-state index contributed by atoms with van der Waals surface area (Å²) in [6, 6.07) is 4.24. The second kappa shape index (κ2) is 7.92. The molecule has 5 heteroatoms. The molecule has 0 saturated carbocycles. The van der Waals surface area contributed by atoms with E-state index in [1.165, 1.54) is 9.75 Å². The van der Waals surface area contributed by atoms with Gasteiger partial charge in [0.1, 0.15) is 0 Å². The maximum absolute atomic E-state index is 11.7. The van der Waals surface area contributed by atoms with Crippen molar-refractivity contribution in [1.82, 2.24) is 5.32 Å². The third kappa shape index (κ3) is 6.99. The van der Waals surface area contributed by atoms with Crippen LogP contribution >= 0.6 is 23.1 Å². The van der Waals surface area contributed by atoms with Crippen LogP contribution in [0.15, 0.2) is 12.1 Å². The minimum atomic E-state index is -0.820. The fourth-order valence-electron chi connectivity index (χ4n) is 1.78. The molecule has 0 saturated heterocycles. The van der Waals surface area contributed by atoms with Crippen LogP contribution in [0.5, 0.6) is 0 Å². The molecular weight excluding hydrogens is 278 g/mol. The normalized spacial score (nSPS) is 14.1. The summed E-state index contributed by atoms with van der Waals surface area (Å²) in [6.07, 6.45) is 4.27. The van der Waals surface area contributed by atoms with E-state index in [9.17, 15) is 9.90 Å². The molecule has 0 spiro atoms. The molecule has 0 fully saturated rings. The van der Waals surface area contributed by atoms with Crippen LogP contribution in [0.1, 0.15) is 29.5 Å². The second-order valence-electron chi connectivity index (χ2n) is 5.07. The quantitative estimate of drug-likeness (QED) is 0.776. The topological polar surface area (TPSA) is 49.3 Å². The highest BCUT2D eigenvalue weighted by molar-refractivity contribution is 7.98. The van der Waals surface area contributed by atoms with Gasteiger partial charge in [-0.25, -0.2) is 0 Å². The van der Waals surface area contributed by atoms with Gasteiger partial charge in [-0.1, -0.05) is 0 Å². The lowest BCUT2D eigenvalue weighted by atomic mass is 10.1. The van der Waals surface area contributed by atoms with E-state index in [1.807, 2.05) is 6.26 Å². The number of amides is 1. The van der Waals surface area contributed by atoms with Gasteiger partial charge in [-0.2, -0.15) is 11.8 Å². The molecule has 0 aliphatic heterocycles. The van der Waals surface area contributed by atoms with Gasteiger partial charge in [0.2, 0.25) is 5.91 Å². The van der Waals surface area contributed by atoms with E-state index in [2.05, 4.69) is 24.4 Å². The summed E-state index contributed by atoms with van der Waals surface area (Å²) in [7, 11) is 0. The van der Waals surface area contributed by atoms with Crippen molar-refractivity contribution in [3.05, 3.63) is 21.9 Å². The minimum absolute atomic E-state index is 0.0228. The Bertz CT molecular complexity index is 402. The molecule has 0 radical (unpaired) electrons. The largest absolute Gasteiger partial charge is 0.387 e. The van der Waals surface area contributed by atoms with Crippen LogP contribution in [0.2, 0.25) is 0 Å². The standard InChI is InChI=1S/C14H23NO2S2/c1-11-7-8-12(19-11)5-4-6-13(16)15-9-14(2,17)10-18-3/h7-8,17H,4-6,9-10H2,1-3H3,(H,15,16). The van der Waals surface area contributed by atoms with E-state index in [0.717, 1.165) is 12.8 Å². The van der Waals surface area contributed by atoms with Crippen LogP contribution in [-0.4, -0.2) is 35.2 Å². The van der Waals surface area contributed by atoms with Crippen molar-refractivity contribution >= 4 is 29.0 Å². The lowest BCUT2D eigenvalue weighted by molar-refractivity contribution is -0.122. The Kier molecular flexibility index (Phi) is 6.89. The summed E-state index contributed by atoms with van der Waals surface area (Å²) in [5.74, 6) is 0.650. The number of carbonyl (C=O) groups excluding carboxylic acids is 1. The monoisotopic (exact) mass is 301 g/mol. The Labute approximate surface area is 123 Å². The van der Waals surface area contributed by atoms with Crippen molar-refractivity contribution in [2.24, 2.45) is 0 Å². The number of carbonyl (C=O) groups is 1. The Morgan fingerprint density at radius 1 is 1.53 bits per heavy atom. The predicted octanol–water partition coefficient (Wildman–Crippen LogP) is 2.61. The first-order valence-electron chi connectivity index (χ1n) is 6.46. The third-order valence-corrected chi connectivity index (χ3v) is 4.72. The molecule has 19 heavy (non-hydrogen) atoms. The van der Waals surface area contributed by atoms with Gasteiger partial charge in [0.25, 0.3) is 0 Å². The fraction of sp³-hybridized carbons (Fsp3) is 0.643. The Balaban J connectivity index is 2.18. The van der Waals surface area contributed by atoms with Crippen molar-refractivity contribution in [3.63, 3.8) is 0 Å². The van der Waals surface area contributed by atoms with Gasteiger partial charge in [0.05, 0.1) is 5.60 Å². The van der Waals surface area contributed by atoms with Gasteiger partial charge >= 0.3 is 0 Å². The molecule has 0 bridgehead atoms. The summed E-state index contributed by atoms with van der Waals surface area (Å²) < 4.78 is 0. The minimum Gasteiger partial charge on any atom is -0.387 e. The summed E-state index contributed by atoms with van der Waals surface area (Å²) in [6.45, 7) is 4.16. The molecule has 1 heterocycles. The number of thiophene rings is 1. The molecule has 1 aromatic heterocycles. The zero-order valence-electron chi connectivity index (χ0n) is 11.9. The molecule has 1 amide bonds. The number of aliphatic hydroxyl groups is 1. The van der Waals surface area contributed by atoms with Crippen molar-refractivity contribution in [2.45, 2.75) is 38.7 Å². The van der Waals surface area contributed by atoms with E-state index in [1.54, 1.807) is 30.0 Å². The van der Waals surface area contributed by atoms with Crippen LogP contribution in [0.3, 0.4) is 0 Å². The maximum atomic E-state index is 11.7. The van der Waals surface area contributed by atoms with Gasteiger partial charge in [-0.15, -0.1) is 11.3 Å². The highest BCUT2D eigenvalue weighted by Crippen LogP contribution is 2.17. The second-order valence-corrected chi connectivity index (χ2v) is 7.31. The van der Waals surface area contributed by atoms with Crippen LogP contribution in [0, 0.1) is 6.92 Å². The highest BCUT2D eigenvalue weighted by Gasteiger charge is 2.20. The smallest absolute Gasteiger partial charge is 0.220 e. The van der Waals surface area contributed by atoms with Crippen LogP contribution in [-0.2, 0) is 11.2 Å². The molecule has 1 rings (SSSR count). The van der Waals surface area contributed by atoms with Crippen LogP contribution < -0.4 is 5.32 Å². The Hall–Kier alpha value is -0.520. The molecule has 0 aliphatic carbocycles. The molecule has 1 atom stereocenters. The number of hydrogen-bond donors (Lipinski definition) is 2. The zero-order chi connectivity index (χ0) is 14.3. The summed E-state index contributed by atoms with van der Waals surface area (Å²) in [5.41, 5.74) is -0.820. The first kappa shape index (κ1) is 16.5. The molecular formula is C14H23NO2S2. The summed E-state index contributed by atoms with van der Waals surface area (Å²) in [4.78, 5) is 14.3. The van der Waals surface area contributed by atoms with Gasteiger partial charge in [0, 0.05) is 28.5 Å². The van der Waals surface area contributed by atoms with Crippen molar-refractivity contribution in [1.29, 1.82) is 0 Å². The van der Waals surface area contributed by atoms with Crippen molar-refractivity contribution in [3.8, 4) is 0 Å². The molecule has 108 valence electrons. The first-order valence-corrected chi connectivity index (χ1v) is 8.67. The van der Waals surface area contributed by atoms with E-state index < -0.39 is 5.60 Å². The zero-order valence-corrected chi connectivity index (χ0v) is 13.5. The van der Waals surface area contributed by atoms with Gasteiger partial charge < -0.3 is 10.4 Å². The molecule has 1 unspecified atom stereocenters. The first-order chi connectivity index (χ1) is 8.93. The molecule has 3 nitrogen and oxygen atoms in total. The molecule has 0 aromatic carbocycles. The lowest BCUT2D eigenvalue weighted by Gasteiger charge is -2.22. The van der Waals surface area contributed by atoms with Gasteiger partial charge in [-0.3, -0.25) is 4.79 Å². The van der Waals surface area contributed by atoms with Gasteiger partial charge in [-0.05, 0) is 45.1 Å². The Morgan fingerprint density at radius 2 is 2.26 bits per heavy atom. The SMILES string of the molecule is CSCC(C)(O)CNC(=O)CCCc1ccc(C)s1. The third-order valence-electron chi connectivity index (χ3n) is 2.74. The van der Waals surface area contributed by atoms with E-state index in [4.69, 9.17) is 0 Å². The summed E-state index contributed by atoms with van der Waals surface area (Å²) >= 11 is 3.37. The average molecular weight is 301 g/mol. The summed E-state index contributed by atoms with van der Waals surface area (Å²) in [5, 5.41) is 12.7. The number of rotatable bonds is 8. The van der Waals surface area contributed by atoms with E-state index in [-0.39, 0.29) is 5.91 Å². The maximum Gasteiger partial charge on any atom is 0.220 e. The molecule has 0 aliphatic rings. The predicted molar refractivity (Wildman–Crippen MR) is 84.0 cm³/mol. The Morgan fingerprint density at radius 3 is 2.84 bits per heavy atom. The van der Waals surface area contributed by atoms with Crippen molar-refractivity contribution in [2.75, 3.05) is 18.6 Å². The van der Waals surface area contributed by atoms with Gasteiger partial charge in [0.15, 0.2) is 0 Å². The number of hydrogen-bond acceptors (Lipinski definition) is 4. The van der Waals surface area contributed by atoms with E-state index >= 15 is 0 Å². The molecule has 1 aromatic rings. The van der Waals surface area contributed by atoms with E-state index in [0.29, 0.717) is 18.7 Å². The van der Waals surface area contributed by atoms with Crippen LogP contribution in [0.25, 0.3) is 0 Å².